The standard InChI is InChI=1S/C11H11N3O2/c1-7-10(6-15)13-11-4-3-9(5-14(7)11)12-8(2)16/h3-6H,1-2H3,(H,12,16). The molecule has 2 heterocycles. The zero-order valence-corrected chi connectivity index (χ0v) is 9.02. The number of nitrogens with one attached hydrogen (secondary N) is 1. The summed E-state index contributed by atoms with van der Waals surface area (Å²) in [5, 5.41) is 2.68. The number of pyridine rings is 1. The lowest BCUT2D eigenvalue weighted by atomic mass is 10.3. The van der Waals surface area contributed by atoms with Gasteiger partial charge in [0.05, 0.1) is 11.4 Å². The first-order chi connectivity index (χ1) is 7.61. The molecule has 5 nitrogen and oxygen atoms in total. The highest BCUT2D eigenvalue weighted by atomic mass is 16.1. The predicted octanol–water partition coefficient (Wildman–Crippen LogP) is 1.41. The van der Waals surface area contributed by atoms with Crippen molar-refractivity contribution in [1.82, 2.24) is 9.38 Å². The Kier molecular flexibility index (Phi) is 2.44. The normalized spacial score (nSPS) is 10.4. The zero-order valence-electron chi connectivity index (χ0n) is 9.02. The van der Waals surface area contributed by atoms with Gasteiger partial charge in [-0.1, -0.05) is 0 Å². The fourth-order valence-electron chi connectivity index (χ4n) is 1.57. The summed E-state index contributed by atoms with van der Waals surface area (Å²) in [7, 11) is 0. The molecule has 1 N–H and O–H groups in total. The Labute approximate surface area is 92.1 Å². The minimum absolute atomic E-state index is 0.132. The number of anilines is 1. The molecule has 0 atom stereocenters. The van der Waals surface area contributed by atoms with E-state index in [2.05, 4.69) is 10.3 Å². The van der Waals surface area contributed by atoms with Crippen molar-refractivity contribution in [3.8, 4) is 0 Å². The van der Waals surface area contributed by atoms with Crippen LogP contribution in [0.3, 0.4) is 0 Å². The third-order valence-electron chi connectivity index (χ3n) is 2.33. The summed E-state index contributed by atoms with van der Waals surface area (Å²) in [4.78, 5) is 25.8. The lowest BCUT2D eigenvalue weighted by Crippen LogP contribution is -2.06. The molecule has 16 heavy (non-hydrogen) atoms. The van der Waals surface area contributed by atoms with Gasteiger partial charge >= 0.3 is 0 Å². The van der Waals surface area contributed by atoms with Crippen molar-refractivity contribution in [2.45, 2.75) is 13.8 Å². The number of fused-ring (bicyclic) bond motifs is 1. The van der Waals surface area contributed by atoms with Crippen LogP contribution < -0.4 is 5.32 Å². The van der Waals surface area contributed by atoms with Gasteiger partial charge in [-0.05, 0) is 19.1 Å². The average molecular weight is 217 g/mol. The quantitative estimate of drug-likeness (QED) is 0.773. The molecule has 0 radical (unpaired) electrons. The van der Waals surface area contributed by atoms with Gasteiger partial charge in [0.1, 0.15) is 11.3 Å². The number of hydrogen-bond acceptors (Lipinski definition) is 3. The second kappa shape index (κ2) is 3.77. The van der Waals surface area contributed by atoms with Crippen LogP contribution in [0.1, 0.15) is 23.1 Å². The Bertz CT molecular complexity index is 572. The van der Waals surface area contributed by atoms with E-state index in [1.165, 1.54) is 6.92 Å². The minimum atomic E-state index is -0.132. The molecule has 0 spiro atoms. The van der Waals surface area contributed by atoms with E-state index in [-0.39, 0.29) is 5.91 Å². The molecule has 0 aliphatic rings. The topological polar surface area (TPSA) is 63.5 Å². The summed E-state index contributed by atoms with van der Waals surface area (Å²) in [6.45, 7) is 3.25. The van der Waals surface area contributed by atoms with Crippen LogP contribution in [0.15, 0.2) is 18.3 Å². The third kappa shape index (κ3) is 1.67. The number of carbonyl (C=O) groups is 2. The fraction of sp³-hybridized carbons (Fsp3) is 0.182. The van der Waals surface area contributed by atoms with Crippen molar-refractivity contribution in [3.05, 3.63) is 29.7 Å². The number of amides is 1. The van der Waals surface area contributed by atoms with E-state index >= 15 is 0 Å². The lowest BCUT2D eigenvalue weighted by Gasteiger charge is -2.03. The van der Waals surface area contributed by atoms with Crippen LogP contribution in [0.25, 0.3) is 5.65 Å². The molecule has 0 saturated heterocycles. The smallest absolute Gasteiger partial charge is 0.221 e. The van der Waals surface area contributed by atoms with Crippen LogP contribution in [-0.2, 0) is 4.79 Å². The Morgan fingerprint density at radius 3 is 2.88 bits per heavy atom. The molecular weight excluding hydrogens is 206 g/mol. The number of aromatic nitrogens is 2. The number of aldehydes is 1. The first kappa shape index (κ1) is 10.4. The molecule has 0 aromatic carbocycles. The maximum atomic E-state index is 10.9. The zero-order chi connectivity index (χ0) is 11.7. The first-order valence-corrected chi connectivity index (χ1v) is 4.83. The molecular formula is C11H11N3O2. The summed E-state index contributed by atoms with van der Waals surface area (Å²) in [5.41, 5.74) is 2.55. The van der Waals surface area contributed by atoms with E-state index in [4.69, 9.17) is 0 Å². The maximum absolute atomic E-state index is 10.9. The average Bonchev–Trinajstić information content (AvgIpc) is 2.55. The van der Waals surface area contributed by atoms with E-state index in [1.807, 2.05) is 0 Å². The Hall–Kier alpha value is -2.17. The molecule has 2 aromatic heterocycles. The van der Waals surface area contributed by atoms with Crippen LogP contribution in [0.5, 0.6) is 0 Å². The Morgan fingerprint density at radius 1 is 1.50 bits per heavy atom. The predicted molar refractivity (Wildman–Crippen MR) is 59.6 cm³/mol. The number of hydrogen-bond donors (Lipinski definition) is 1. The number of nitrogens with zero attached hydrogens (tertiary/aromatic N) is 2. The minimum Gasteiger partial charge on any atom is -0.325 e. The Balaban J connectivity index is 2.56. The van der Waals surface area contributed by atoms with E-state index < -0.39 is 0 Å². The van der Waals surface area contributed by atoms with Gasteiger partial charge in [-0.15, -0.1) is 0 Å². The molecule has 2 aromatic rings. The first-order valence-electron chi connectivity index (χ1n) is 4.83. The third-order valence-corrected chi connectivity index (χ3v) is 2.33. The van der Waals surface area contributed by atoms with E-state index in [9.17, 15) is 9.59 Å². The van der Waals surface area contributed by atoms with E-state index in [1.54, 1.807) is 29.7 Å². The second-order valence-corrected chi connectivity index (χ2v) is 3.53. The number of carbonyl (C=O) groups excluding carboxylic acids is 2. The highest BCUT2D eigenvalue weighted by molar-refractivity contribution is 5.88. The van der Waals surface area contributed by atoms with Gasteiger partial charge in [-0.3, -0.25) is 9.59 Å². The van der Waals surface area contributed by atoms with Crippen molar-refractivity contribution in [2.75, 3.05) is 5.32 Å². The second-order valence-electron chi connectivity index (χ2n) is 3.53. The van der Waals surface area contributed by atoms with Gasteiger partial charge in [0.15, 0.2) is 6.29 Å². The van der Waals surface area contributed by atoms with Gasteiger partial charge in [0.2, 0.25) is 5.91 Å². The lowest BCUT2D eigenvalue weighted by molar-refractivity contribution is -0.114. The highest BCUT2D eigenvalue weighted by Crippen LogP contribution is 2.14. The van der Waals surface area contributed by atoms with Gasteiger partial charge in [0.25, 0.3) is 0 Å². The van der Waals surface area contributed by atoms with Crippen LogP contribution in [-0.4, -0.2) is 21.6 Å². The molecule has 2 rings (SSSR count). The van der Waals surface area contributed by atoms with E-state index in [0.29, 0.717) is 17.0 Å². The number of aryl methyl sites for hydroxylation is 1. The van der Waals surface area contributed by atoms with Crippen molar-refractivity contribution in [1.29, 1.82) is 0 Å². The summed E-state index contributed by atoms with van der Waals surface area (Å²) in [6.07, 6.45) is 2.46. The maximum Gasteiger partial charge on any atom is 0.221 e. The van der Waals surface area contributed by atoms with Crippen LogP contribution in [0.2, 0.25) is 0 Å². The Morgan fingerprint density at radius 2 is 2.25 bits per heavy atom. The summed E-state index contributed by atoms with van der Waals surface area (Å²) in [5.74, 6) is -0.132. The van der Waals surface area contributed by atoms with Gasteiger partial charge in [-0.25, -0.2) is 4.98 Å². The molecule has 0 fully saturated rings. The number of imidazole rings is 1. The fourth-order valence-corrected chi connectivity index (χ4v) is 1.57. The van der Waals surface area contributed by atoms with Crippen molar-refractivity contribution in [3.63, 3.8) is 0 Å². The SMILES string of the molecule is CC(=O)Nc1ccc2nc(C=O)c(C)n2c1. The summed E-state index contributed by atoms with van der Waals surface area (Å²) in [6, 6.07) is 3.50. The number of rotatable bonds is 2. The van der Waals surface area contributed by atoms with Crippen molar-refractivity contribution >= 4 is 23.5 Å². The van der Waals surface area contributed by atoms with Crippen LogP contribution >= 0.6 is 0 Å². The molecule has 0 bridgehead atoms. The van der Waals surface area contributed by atoms with Gasteiger partial charge in [-0.2, -0.15) is 0 Å². The molecule has 0 unspecified atom stereocenters. The van der Waals surface area contributed by atoms with Gasteiger partial charge < -0.3 is 9.72 Å². The van der Waals surface area contributed by atoms with Crippen molar-refractivity contribution in [2.24, 2.45) is 0 Å². The molecule has 5 heteroatoms. The van der Waals surface area contributed by atoms with Crippen molar-refractivity contribution < 1.29 is 9.59 Å². The molecule has 82 valence electrons. The molecule has 0 aliphatic heterocycles. The van der Waals surface area contributed by atoms with Crippen LogP contribution in [0.4, 0.5) is 5.69 Å². The largest absolute Gasteiger partial charge is 0.325 e. The molecule has 0 aliphatic carbocycles. The monoisotopic (exact) mass is 217 g/mol. The highest BCUT2D eigenvalue weighted by Gasteiger charge is 2.07. The van der Waals surface area contributed by atoms with Crippen LogP contribution in [0, 0.1) is 6.92 Å². The summed E-state index contributed by atoms with van der Waals surface area (Å²) < 4.78 is 1.77. The molecule has 1 amide bonds. The molecule has 0 saturated carbocycles. The van der Waals surface area contributed by atoms with Gasteiger partial charge in [0, 0.05) is 13.1 Å². The summed E-state index contributed by atoms with van der Waals surface area (Å²) >= 11 is 0. The van der Waals surface area contributed by atoms with E-state index in [0.717, 1.165) is 12.0 Å².